The molecular formula is C59H60N2O13. The van der Waals surface area contributed by atoms with Gasteiger partial charge in [-0.1, -0.05) is 42.5 Å². The number of ketones is 1. The first kappa shape index (κ1) is 54.3. The Hall–Kier alpha value is -9.08. The van der Waals surface area contributed by atoms with Crippen molar-refractivity contribution in [1.82, 2.24) is 10.2 Å². The zero-order valence-corrected chi connectivity index (χ0v) is 42.5. The van der Waals surface area contributed by atoms with Crippen LogP contribution in [0.1, 0.15) is 68.0 Å². The molecule has 0 saturated carbocycles. The number of fused-ring (bicyclic) bond motifs is 1. The van der Waals surface area contributed by atoms with E-state index in [1.165, 1.54) is 24.3 Å². The number of aliphatic hydroxyl groups is 1. The molecule has 15 heteroatoms. The van der Waals surface area contributed by atoms with Crippen LogP contribution in [0.15, 0.2) is 133 Å². The molecule has 1 aromatic heterocycles. The molecule has 384 valence electrons. The van der Waals surface area contributed by atoms with E-state index < -0.39 is 6.10 Å². The summed E-state index contributed by atoms with van der Waals surface area (Å²) < 4.78 is 21.3. The standard InChI is InChI=1S/C18H18N2O3.C18H18O4.C16H16O4.C7H8O2/c1-10-15(21)9-8-14(18(10)22)17-16(11(2)19-20-17)12-4-6-13(23-3)7-5-12;1-10-15(19)9-8-14-17(20)16(11(2)22-18(10)14)12-4-6-13(21-3)7-5-12;1-10-14(17)8-7-13(16(10)19)15(18)9-11-3-5-12(20-2)6-4-11;1-5-6(8)3-2-4-7(5)9/h4-9,21-22H,1-3H3,(H,19,20);4-9,17,19-20H,1-3H3;3-8,17,19H,9H2,1-2H3;2-4,8-9H,1H3. The van der Waals surface area contributed by atoms with Gasteiger partial charge in [-0.25, -0.2) is 0 Å². The SMILES string of the molecule is COc1ccc(-c2c(-c3ccc(O)c(C)c3O)n[nH]c2C)cc1.COc1ccc(C2=C(C)Oc3c(ccc(O)c3C)C2O)cc1.COc1ccc(CC(=O)c2ccc(O)c(C)c2O)cc1.Cc1c(O)cccc1O. The van der Waals surface area contributed by atoms with Crippen LogP contribution in [0.25, 0.3) is 28.0 Å². The first-order valence-corrected chi connectivity index (χ1v) is 23.2. The lowest BCUT2D eigenvalue weighted by atomic mass is 9.90. The van der Waals surface area contributed by atoms with Gasteiger partial charge in [0.2, 0.25) is 0 Å². The second-order valence-corrected chi connectivity index (χ2v) is 17.2. The van der Waals surface area contributed by atoms with Crippen molar-refractivity contribution in [2.75, 3.05) is 21.3 Å². The van der Waals surface area contributed by atoms with E-state index in [4.69, 9.17) is 29.2 Å². The van der Waals surface area contributed by atoms with Gasteiger partial charge in [0.1, 0.15) is 80.8 Å². The quantitative estimate of drug-likeness (QED) is 0.0611. The number of ether oxygens (including phenoxy) is 4. The van der Waals surface area contributed by atoms with Gasteiger partial charge in [0.05, 0.1) is 26.9 Å². The highest BCUT2D eigenvalue weighted by Gasteiger charge is 2.29. The number of aryl methyl sites for hydroxylation is 1. The van der Waals surface area contributed by atoms with Crippen LogP contribution in [0.2, 0.25) is 0 Å². The van der Waals surface area contributed by atoms with E-state index in [1.807, 2.05) is 62.4 Å². The number of methoxy groups -OCH3 is 3. The average Bonchev–Trinajstić information content (AvgIpc) is 3.79. The first-order chi connectivity index (χ1) is 35.3. The molecule has 9 rings (SSSR count). The van der Waals surface area contributed by atoms with Crippen molar-refractivity contribution in [3.8, 4) is 85.6 Å². The lowest BCUT2D eigenvalue weighted by molar-refractivity contribution is 0.0990. The largest absolute Gasteiger partial charge is 0.508 e. The number of nitrogens with zero attached hydrogens (tertiary/aromatic N) is 1. The van der Waals surface area contributed by atoms with Gasteiger partial charge in [-0.05, 0) is 143 Å². The topological polar surface area (TPSA) is 245 Å². The van der Waals surface area contributed by atoms with Crippen LogP contribution in [-0.2, 0) is 6.42 Å². The molecule has 74 heavy (non-hydrogen) atoms. The monoisotopic (exact) mass is 1000 g/mol. The number of nitrogens with one attached hydrogen (secondary N) is 1. The molecule has 0 radical (unpaired) electrons. The third-order valence-electron chi connectivity index (χ3n) is 12.5. The number of aliphatic hydroxyl groups excluding tert-OH is 1. The van der Waals surface area contributed by atoms with Gasteiger partial charge >= 0.3 is 0 Å². The molecule has 1 unspecified atom stereocenters. The van der Waals surface area contributed by atoms with E-state index >= 15 is 0 Å². The molecule has 0 bridgehead atoms. The summed E-state index contributed by atoms with van der Waals surface area (Å²) in [4.78, 5) is 12.2. The molecular weight excluding hydrogens is 945 g/mol. The molecule has 1 atom stereocenters. The Bertz CT molecular complexity index is 3270. The van der Waals surface area contributed by atoms with Crippen LogP contribution in [0.3, 0.4) is 0 Å². The molecule has 9 N–H and O–H groups in total. The van der Waals surface area contributed by atoms with Crippen molar-refractivity contribution in [3.05, 3.63) is 183 Å². The molecule has 15 nitrogen and oxygen atoms in total. The van der Waals surface area contributed by atoms with E-state index in [0.717, 1.165) is 50.8 Å². The third kappa shape index (κ3) is 12.1. The summed E-state index contributed by atoms with van der Waals surface area (Å²) in [7, 11) is 4.82. The van der Waals surface area contributed by atoms with Crippen LogP contribution in [0.5, 0.6) is 63.2 Å². The highest BCUT2D eigenvalue weighted by atomic mass is 16.5. The number of aromatic amines is 1. The normalized spacial score (nSPS) is 12.3. The number of phenols is 7. The lowest BCUT2D eigenvalue weighted by Crippen LogP contribution is -2.14. The maximum absolute atomic E-state index is 12.2. The van der Waals surface area contributed by atoms with Gasteiger partial charge < -0.3 is 59.8 Å². The van der Waals surface area contributed by atoms with Gasteiger partial charge in [0, 0.05) is 56.6 Å². The maximum atomic E-state index is 12.2. The third-order valence-corrected chi connectivity index (χ3v) is 12.5. The summed E-state index contributed by atoms with van der Waals surface area (Å²) in [6.07, 6.45) is -0.613. The molecule has 0 fully saturated rings. The molecule has 0 saturated heterocycles. The predicted molar refractivity (Wildman–Crippen MR) is 283 cm³/mol. The van der Waals surface area contributed by atoms with Gasteiger partial charge in [-0.15, -0.1) is 0 Å². The van der Waals surface area contributed by atoms with Crippen molar-refractivity contribution < 1.29 is 64.6 Å². The predicted octanol–water partition coefficient (Wildman–Crippen LogP) is 11.6. The van der Waals surface area contributed by atoms with Gasteiger partial charge in [-0.3, -0.25) is 9.89 Å². The molecule has 1 aliphatic heterocycles. The van der Waals surface area contributed by atoms with Crippen molar-refractivity contribution in [3.63, 3.8) is 0 Å². The Morgan fingerprint density at radius 2 is 1.03 bits per heavy atom. The molecule has 2 heterocycles. The van der Waals surface area contributed by atoms with Crippen molar-refractivity contribution in [2.45, 2.75) is 54.1 Å². The average molecular weight is 1010 g/mol. The Morgan fingerprint density at radius 3 is 1.57 bits per heavy atom. The van der Waals surface area contributed by atoms with Crippen LogP contribution in [0.4, 0.5) is 0 Å². The van der Waals surface area contributed by atoms with Crippen molar-refractivity contribution in [1.29, 1.82) is 0 Å². The zero-order chi connectivity index (χ0) is 54.0. The number of hydrogen-bond donors (Lipinski definition) is 9. The minimum Gasteiger partial charge on any atom is -0.508 e. The summed E-state index contributed by atoms with van der Waals surface area (Å²) in [6, 6.07) is 36.3. The number of rotatable bonds is 9. The first-order valence-electron chi connectivity index (χ1n) is 23.2. The number of aromatic hydroxyl groups is 7. The molecule has 0 aliphatic carbocycles. The number of Topliss-reactive ketones (excluding diaryl/α,β-unsaturated/α-hetero) is 1. The fourth-order valence-electron chi connectivity index (χ4n) is 7.91. The molecule has 7 aromatic carbocycles. The maximum Gasteiger partial charge on any atom is 0.170 e. The second kappa shape index (κ2) is 23.9. The second-order valence-electron chi connectivity index (χ2n) is 17.2. The Balaban J connectivity index is 0.000000167. The van der Waals surface area contributed by atoms with E-state index in [2.05, 4.69) is 10.2 Å². The Labute approximate surface area is 429 Å². The highest BCUT2D eigenvalue weighted by molar-refractivity contribution is 6.00. The minimum absolute atomic E-state index is 0.0245. The Kier molecular flexibility index (Phi) is 17.5. The van der Waals surface area contributed by atoms with Crippen molar-refractivity contribution in [2.24, 2.45) is 0 Å². The number of hydrogen-bond acceptors (Lipinski definition) is 14. The number of H-pyrrole nitrogens is 1. The van der Waals surface area contributed by atoms with Gasteiger partial charge in [0.15, 0.2) is 5.78 Å². The van der Waals surface area contributed by atoms with Crippen LogP contribution in [0, 0.1) is 34.6 Å². The van der Waals surface area contributed by atoms with Gasteiger partial charge in [0.25, 0.3) is 0 Å². The fourth-order valence-corrected chi connectivity index (χ4v) is 7.91. The van der Waals surface area contributed by atoms with Crippen LogP contribution in [-0.4, -0.2) is 78.2 Å². The highest BCUT2D eigenvalue weighted by Crippen LogP contribution is 2.46. The number of carbonyl (C=O) groups is 1. The number of allylic oxidation sites excluding steroid dienone is 1. The number of benzene rings is 7. The van der Waals surface area contributed by atoms with Crippen LogP contribution < -0.4 is 18.9 Å². The molecule has 0 spiro atoms. The Morgan fingerprint density at radius 1 is 0.554 bits per heavy atom. The van der Waals surface area contributed by atoms with E-state index in [1.54, 1.807) is 104 Å². The van der Waals surface area contributed by atoms with Crippen molar-refractivity contribution >= 4 is 11.4 Å². The molecule has 0 amide bonds. The van der Waals surface area contributed by atoms with Crippen LogP contribution >= 0.6 is 0 Å². The summed E-state index contributed by atoms with van der Waals surface area (Å²) in [6.45, 7) is 10.4. The lowest BCUT2D eigenvalue weighted by Gasteiger charge is -2.28. The summed E-state index contributed by atoms with van der Waals surface area (Å²) in [5.41, 5.74) is 9.21. The smallest absolute Gasteiger partial charge is 0.170 e. The number of aromatic nitrogens is 2. The van der Waals surface area contributed by atoms with E-state index in [9.17, 15) is 35.4 Å². The molecule has 8 aromatic rings. The minimum atomic E-state index is -0.795. The zero-order valence-electron chi connectivity index (χ0n) is 42.5. The van der Waals surface area contributed by atoms with E-state index in [-0.39, 0.29) is 58.0 Å². The molecule has 1 aliphatic rings. The summed E-state index contributed by atoms with van der Waals surface area (Å²) in [5, 5.41) is 85.2. The summed E-state index contributed by atoms with van der Waals surface area (Å²) >= 11 is 0. The number of phenolic OH excluding ortho intramolecular Hbond substituents is 7. The number of carbonyl (C=O) groups excluding carboxylic acids is 1. The fraction of sp³-hybridized carbons (Fsp3) is 0.186. The van der Waals surface area contributed by atoms with E-state index in [0.29, 0.717) is 50.6 Å². The van der Waals surface area contributed by atoms with Gasteiger partial charge in [-0.2, -0.15) is 5.10 Å². The summed E-state index contributed by atoms with van der Waals surface area (Å²) in [5.74, 6) is 3.55.